The third-order valence-electron chi connectivity index (χ3n) is 2.75. The second-order valence-electron chi connectivity index (χ2n) is 5.85. The molecule has 5 nitrogen and oxygen atoms in total. The molecule has 0 fully saturated rings. The number of rotatable bonds is 6. The van der Waals surface area contributed by atoms with Crippen LogP contribution >= 0.6 is 0 Å². The molecule has 0 radical (unpaired) electrons. The zero-order valence-electron chi connectivity index (χ0n) is 13.7. The van der Waals surface area contributed by atoms with E-state index in [1.807, 2.05) is 51.1 Å². The highest BCUT2D eigenvalue weighted by Crippen LogP contribution is 2.21. The molecule has 5 heteroatoms. The number of nitrogens with one attached hydrogen (secondary N) is 1. The highest BCUT2D eigenvalue weighted by Gasteiger charge is 2.15. The van der Waals surface area contributed by atoms with Crippen LogP contribution in [0.1, 0.15) is 38.3 Å². The zero-order chi connectivity index (χ0) is 16.6. The minimum Gasteiger partial charge on any atom is -0.496 e. The Morgan fingerprint density at radius 2 is 2.09 bits per heavy atom. The van der Waals surface area contributed by atoms with Crippen LogP contribution < -0.4 is 10.1 Å². The summed E-state index contributed by atoms with van der Waals surface area (Å²) in [5.41, 5.74) is 1.23. The summed E-state index contributed by atoms with van der Waals surface area (Å²) in [5, 5.41) is 11.9. The molecule has 1 rings (SSSR count). The molecule has 1 aromatic carbocycles. The third kappa shape index (κ3) is 6.63. The maximum atomic E-state index is 11.5. The van der Waals surface area contributed by atoms with Gasteiger partial charge in [0.05, 0.1) is 13.7 Å². The van der Waals surface area contributed by atoms with Gasteiger partial charge in [0.1, 0.15) is 11.4 Å². The lowest BCUT2D eigenvalue weighted by molar-refractivity contribution is 0.0529. The number of amides is 1. The highest BCUT2D eigenvalue weighted by molar-refractivity contribution is 5.67. The quantitative estimate of drug-likeness (QED) is 0.792. The lowest BCUT2D eigenvalue weighted by Gasteiger charge is -2.19. The predicted molar refractivity (Wildman–Crippen MR) is 86.8 cm³/mol. The van der Waals surface area contributed by atoms with Crippen LogP contribution in [-0.4, -0.2) is 30.5 Å². The Hall–Kier alpha value is -2.01. The average Bonchev–Trinajstić information content (AvgIpc) is 2.44. The van der Waals surface area contributed by atoms with Gasteiger partial charge in [-0.25, -0.2) is 4.79 Å². The Bertz CT molecular complexity index is 518. The molecule has 22 heavy (non-hydrogen) atoms. The average molecular weight is 307 g/mol. The van der Waals surface area contributed by atoms with Crippen LogP contribution in [0.3, 0.4) is 0 Å². The number of hydrogen-bond acceptors (Lipinski definition) is 4. The highest BCUT2D eigenvalue weighted by atomic mass is 16.6. The van der Waals surface area contributed by atoms with Gasteiger partial charge in [0.15, 0.2) is 0 Å². The first kappa shape index (κ1) is 18.0. The Morgan fingerprint density at radius 3 is 2.68 bits per heavy atom. The summed E-state index contributed by atoms with van der Waals surface area (Å²) >= 11 is 0. The first-order valence-corrected chi connectivity index (χ1v) is 7.27. The van der Waals surface area contributed by atoms with Gasteiger partial charge >= 0.3 is 6.09 Å². The number of carbonyl (C=O) groups is 1. The Balaban J connectivity index is 2.48. The van der Waals surface area contributed by atoms with E-state index < -0.39 is 11.7 Å². The van der Waals surface area contributed by atoms with Gasteiger partial charge < -0.3 is 19.9 Å². The number of methoxy groups -OCH3 is 1. The molecule has 0 aliphatic rings. The molecule has 0 bridgehead atoms. The van der Waals surface area contributed by atoms with Crippen LogP contribution in [0.4, 0.5) is 4.79 Å². The van der Waals surface area contributed by atoms with Crippen LogP contribution in [0.15, 0.2) is 24.3 Å². The van der Waals surface area contributed by atoms with E-state index in [0.29, 0.717) is 13.0 Å². The monoisotopic (exact) mass is 307 g/mol. The second-order valence-corrected chi connectivity index (χ2v) is 5.85. The molecule has 0 atom stereocenters. The number of aliphatic hydroxyl groups is 1. The van der Waals surface area contributed by atoms with E-state index in [0.717, 1.165) is 16.9 Å². The van der Waals surface area contributed by atoms with Crippen molar-refractivity contribution in [2.24, 2.45) is 0 Å². The minimum atomic E-state index is -0.488. The molecule has 0 saturated carbocycles. The summed E-state index contributed by atoms with van der Waals surface area (Å²) in [6.07, 6.45) is 4.11. The summed E-state index contributed by atoms with van der Waals surface area (Å²) in [5.74, 6) is 0.744. The third-order valence-corrected chi connectivity index (χ3v) is 2.75. The van der Waals surface area contributed by atoms with Crippen molar-refractivity contribution in [3.05, 3.63) is 35.4 Å². The van der Waals surface area contributed by atoms with E-state index in [1.54, 1.807) is 7.11 Å². The molecule has 2 N–H and O–H groups in total. The minimum absolute atomic E-state index is 0.00890. The van der Waals surface area contributed by atoms with Crippen molar-refractivity contribution in [1.29, 1.82) is 0 Å². The molecule has 122 valence electrons. The topological polar surface area (TPSA) is 67.8 Å². The van der Waals surface area contributed by atoms with Gasteiger partial charge in [-0.15, -0.1) is 0 Å². The number of ether oxygens (including phenoxy) is 2. The summed E-state index contributed by atoms with van der Waals surface area (Å²) in [6.45, 7) is 5.96. The van der Waals surface area contributed by atoms with Crippen LogP contribution in [0.5, 0.6) is 5.75 Å². The number of carbonyl (C=O) groups excluding carboxylic acids is 1. The van der Waals surface area contributed by atoms with Gasteiger partial charge in [0, 0.05) is 12.1 Å². The Morgan fingerprint density at radius 1 is 1.36 bits per heavy atom. The first-order chi connectivity index (χ1) is 10.4. The number of benzene rings is 1. The van der Waals surface area contributed by atoms with E-state index in [2.05, 4.69) is 5.32 Å². The van der Waals surface area contributed by atoms with Crippen molar-refractivity contribution in [2.75, 3.05) is 13.7 Å². The summed E-state index contributed by atoms with van der Waals surface area (Å²) in [6, 6.07) is 5.51. The van der Waals surface area contributed by atoms with Crippen LogP contribution in [0, 0.1) is 0 Å². The van der Waals surface area contributed by atoms with Crippen LogP contribution in [0.25, 0.3) is 6.08 Å². The van der Waals surface area contributed by atoms with E-state index in [9.17, 15) is 4.79 Å². The van der Waals surface area contributed by atoms with Gasteiger partial charge in [0.2, 0.25) is 0 Å². The van der Waals surface area contributed by atoms with Crippen molar-refractivity contribution in [2.45, 2.75) is 39.4 Å². The molecule has 0 aromatic heterocycles. The molecule has 0 unspecified atom stereocenters. The van der Waals surface area contributed by atoms with E-state index >= 15 is 0 Å². The van der Waals surface area contributed by atoms with Gasteiger partial charge in [-0.05, 0) is 44.9 Å². The molecule has 1 aromatic rings. The number of alkyl carbamates (subject to hydrolysis) is 1. The summed E-state index contributed by atoms with van der Waals surface area (Å²) < 4.78 is 10.4. The fourth-order valence-electron chi connectivity index (χ4n) is 1.79. The molecule has 0 heterocycles. The largest absolute Gasteiger partial charge is 0.496 e. The molecular weight excluding hydrogens is 282 g/mol. The maximum Gasteiger partial charge on any atom is 0.407 e. The van der Waals surface area contributed by atoms with Gasteiger partial charge in [0.25, 0.3) is 0 Å². The normalized spacial score (nSPS) is 11.5. The van der Waals surface area contributed by atoms with Crippen LogP contribution in [-0.2, 0) is 11.3 Å². The Kier molecular flexibility index (Phi) is 6.92. The summed E-state index contributed by atoms with van der Waals surface area (Å²) in [7, 11) is 1.61. The second kappa shape index (κ2) is 8.44. The SMILES string of the molecule is COc1ccc(CO)cc1C=CCCNC(=O)OC(C)(C)C. The van der Waals surface area contributed by atoms with Gasteiger partial charge in [-0.3, -0.25) is 0 Å². The molecular formula is C17H25NO4. The smallest absolute Gasteiger partial charge is 0.407 e. The molecule has 0 aliphatic heterocycles. The van der Waals surface area contributed by atoms with E-state index in [-0.39, 0.29) is 6.61 Å². The van der Waals surface area contributed by atoms with Gasteiger partial charge in [-0.2, -0.15) is 0 Å². The fourth-order valence-corrected chi connectivity index (χ4v) is 1.79. The van der Waals surface area contributed by atoms with Crippen molar-refractivity contribution >= 4 is 12.2 Å². The van der Waals surface area contributed by atoms with E-state index in [1.165, 1.54) is 0 Å². The maximum absolute atomic E-state index is 11.5. The van der Waals surface area contributed by atoms with Crippen molar-refractivity contribution in [1.82, 2.24) is 5.32 Å². The predicted octanol–water partition coefficient (Wildman–Crippen LogP) is 3.12. The fraction of sp³-hybridized carbons (Fsp3) is 0.471. The first-order valence-electron chi connectivity index (χ1n) is 7.27. The molecule has 1 amide bonds. The number of hydrogen-bond donors (Lipinski definition) is 2. The van der Waals surface area contributed by atoms with Crippen LogP contribution in [0.2, 0.25) is 0 Å². The van der Waals surface area contributed by atoms with Crippen molar-refractivity contribution in [3.63, 3.8) is 0 Å². The molecule has 0 aliphatic carbocycles. The van der Waals surface area contributed by atoms with E-state index in [4.69, 9.17) is 14.6 Å². The molecule has 0 saturated heterocycles. The van der Waals surface area contributed by atoms with Crippen molar-refractivity contribution < 1.29 is 19.4 Å². The standard InChI is InChI=1S/C17H25NO4/c1-17(2,3)22-16(20)18-10-6-5-7-14-11-13(12-19)8-9-15(14)21-4/h5,7-9,11,19H,6,10,12H2,1-4H3,(H,18,20). The summed E-state index contributed by atoms with van der Waals surface area (Å²) in [4.78, 5) is 11.5. The molecule has 0 spiro atoms. The lowest BCUT2D eigenvalue weighted by Crippen LogP contribution is -2.32. The Labute approximate surface area is 131 Å². The zero-order valence-corrected chi connectivity index (χ0v) is 13.7. The lowest BCUT2D eigenvalue weighted by atomic mass is 10.1. The number of aliphatic hydroxyl groups excluding tert-OH is 1. The van der Waals surface area contributed by atoms with Crippen molar-refractivity contribution in [3.8, 4) is 5.75 Å². The van der Waals surface area contributed by atoms with Gasteiger partial charge in [-0.1, -0.05) is 18.2 Å².